The van der Waals surface area contributed by atoms with Gasteiger partial charge in [-0.2, -0.15) is 0 Å². The Balaban J connectivity index is 2.59. The molecule has 0 heterocycles. The number of hydrogen-bond donors (Lipinski definition) is 1. The highest BCUT2D eigenvalue weighted by molar-refractivity contribution is 8.00. The summed E-state index contributed by atoms with van der Waals surface area (Å²) in [6.07, 6.45) is 3.47. The Morgan fingerprint density at radius 1 is 1.39 bits per heavy atom. The van der Waals surface area contributed by atoms with Crippen molar-refractivity contribution in [3.05, 3.63) is 29.8 Å². The highest BCUT2D eigenvalue weighted by atomic mass is 32.2. The monoisotopic (exact) mass is 268 g/mol. The van der Waals surface area contributed by atoms with Gasteiger partial charge in [0.25, 0.3) is 0 Å². The molecule has 3 nitrogen and oxygen atoms in total. The quantitative estimate of drug-likeness (QED) is 0.730. The van der Waals surface area contributed by atoms with Gasteiger partial charge in [-0.25, -0.2) is 0 Å². The fourth-order valence-corrected chi connectivity index (χ4v) is 2.35. The largest absolute Gasteiger partial charge is 0.481 e. The molecule has 1 aromatic carbocycles. The molecule has 0 saturated heterocycles. The summed E-state index contributed by atoms with van der Waals surface area (Å²) in [6.45, 7) is 2.17. The van der Waals surface area contributed by atoms with Gasteiger partial charge in [0.05, 0.1) is 11.9 Å². The lowest BCUT2D eigenvalue weighted by atomic mass is 10.0. The first-order valence-electron chi connectivity index (χ1n) is 6.14. The molecule has 0 radical (unpaired) electrons. The second kappa shape index (κ2) is 8.16. The number of thioether (sulfide) groups is 1. The summed E-state index contributed by atoms with van der Waals surface area (Å²) in [5.41, 5.74) is 1.16. The number of carboxylic acid groups (broad SMARTS) is 1. The lowest BCUT2D eigenvalue weighted by molar-refractivity contribution is -0.133. The second-order valence-corrected chi connectivity index (χ2v) is 5.17. The van der Waals surface area contributed by atoms with Crippen LogP contribution < -0.4 is 0 Å². The molecule has 0 aliphatic heterocycles. The molecule has 1 aromatic rings. The normalized spacial score (nSPS) is 12.3. The number of rotatable bonds is 8. The first kappa shape index (κ1) is 15.1. The standard InChI is InChI=1S/C14H20O3S/c1-3-4-5-13(17-2)11-6-8-12(9-7-11)18-10-14(15)16/h6-9,13H,3-5,10H2,1-2H3,(H,15,16)/t13-/m1/s1. The van der Waals surface area contributed by atoms with Crippen LogP contribution in [-0.2, 0) is 9.53 Å². The summed E-state index contributed by atoms with van der Waals surface area (Å²) in [6, 6.07) is 7.96. The van der Waals surface area contributed by atoms with Crippen LogP contribution in [0, 0.1) is 0 Å². The average molecular weight is 268 g/mol. The van der Waals surface area contributed by atoms with Gasteiger partial charge >= 0.3 is 5.97 Å². The highest BCUT2D eigenvalue weighted by Crippen LogP contribution is 2.25. The Morgan fingerprint density at radius 2 is 2.06 bits per heavy atom. The van der Waals surface area contributed by atoms with Crippen molar-refractivity contribution in [1.82, 2.24) is 0 Å². The average Bonchev–Trinajstić information content (AvgIpc) is 2.38. The molecule has 1 atom stereocenters. The second-order valence-electron chi connectivity index (χ2n) is 4.12. The molecule has 0 fully saturated rings. The number of carbonyl (C=O) groups is 1. The van der Waals surface area contributed by atoms with E-state index < -0.39 is 5.97 Å². The fraction of sp³-hybridized carbons (Fsp3) is 0.500. The summed E-state index contributed by atoms with van der Waals surface area (Å²) in [5.74, 6) is -0.690. The molecule has 4 heteroatoms. The summed E-state index contributed by atoms with van der Waals surface area (Å²) < 4.78 is 5.48. The molecular formula is C14H20O3S. The SMILES string of the molecule is CCCC[C@@H](OC)c1ccc(SCC(=O)O)cc1. The number of carboxylic acids is 1. The minimum atomic E-state index is -0.790. The van der Waals surface area contributed by atoms with Crippen LogP contribution in [-0.4, -0.2) is 23.9 Å². The van der Waals surface area contributed by atoms with E-state index in [0.29, 0.717) is 0 Å². The molecule has 0 aliphatic rings. The Bertz CT molecular complexity index is 362. The smallest absolute Gasteiger partial charge is 0.313 e. The van der Waals surface area contributed by atoms with Gasteiger partial charge in [-0.05, 0) is 24.1 Å². The van der Waals surface area contributed by atoms with Gasteiger partial charge in [0, 0.05) is 12.0 Å². The molecule has 0 amide bonds. The molecule has 0 spiro atoms. The Kier molecular flexibility index (Phi) is 6.83. The van der Waals surface area contributed by atoms with E-state index in [1.165, 1.54) is 11.8 Å². The lowest BCUT2D eigenvalue weighted by Crippen LogP contribution is -2.01. The summed E-state index contributed by atoms with van der Waals surface area (Å²) in [5, 5.41) is 8.61. The zero-order valence-corrected chi connectivity index (χ0v) is 11.7. The van der Waals surface area contributed by atoms with Gasteiger partial charge in [-0.1, -0.05) is 31.9 Å². The third-order valence-corrected chi connectivity index (χ3v) is 3.72. The van der Waals surface area contributed by atoms with E-state index in [2.05, 4.69) is 6.92 Å². The van der Waals surface area contributed by atoms with E-state index in [1.807, 2.05) is 24.3 Å². The third-order valence-electron chi connectivity index (χ3n) is 2.72. The van der Waals surface area contributed by atoms with Crippen LogP contribution in [0.25, 0.3) is 0 Å². The number of aliphatic carboxylic acids is 1. The number of ether oxygens (including phenoxy) is 1. The molecule has 0 saturated carbocycles. The van der Waals surface area contributed by atoms with Crippen LogP contribution in [0.2, 0.25) is 0 Å². The van der Waals surface area contributed by atoms with Crippen LogP contribution in [0.4, 0.5) is 0 Å². The molecular weight excluding hydrogens is 248 g/mol. The summed E-state index contributed by atoms with van der Waals surface area (Å²) in [4.78, 5) is 11.4. The van der Waals surface area contributed by atoms with E-state index in [4.69, 9.17) is 9.84 Å². The Morgan fingerprint density at radius 3 is 2.56 bits per heavy atom. The minimum absolute atomic E-state index is 0.100. The number of benzene rings is 1. The number of methoxy groups -OCH3 is 1. The van der Waals surface area contributed by atoms with Gasteiger partial charge in [0.15, 0.2) is 0 Å². The highest BCUT2D eigenvalue weighted by Gasteiger charge is 2.09. The van der Waals surface area contributed by atoms with Crippen molar-refractivity contribution >= 4 is 17.7 Å². The maximum atomic E-state index is 10.5. The van der Waals surface area contributed by atoms with Crippen LogP contribution in [0.3, 0.4) is 0 Å². The van der Waals surface area contributed by atoms with Crippen LogP contribution in [0.5, 0.6) is 0 Å². The molecule has 18 heavy (non-hydrogen) atoms. The maximum Gasteiger partial charge on any atom is 0.313 e. The predicted octanol–water partition coefficient (Wildman–Crippen LogP) is 3.74. The molecule has 0 unspecified atom stereocenters. The topological polar surface area (TPSA) is 46.5 Å². The van der Waals surface area contributed by atoms with Gasteiger partial charge < -0.3 is 9.84 Å². The molecule has 1 rings (SSSR count). The van der Waals surface area contributed by atoms with Crippen molar-refractivity contribution in [2.45, 2.75) is 37.2 Å². The molecule has 1 N–H and O–H groups in total. The van der Waals surface area contributed by atoms with Gasteiger partial charge in [0.1, 0.15) is 0 Å². The maximum absolute atomic E-state index is 10.5. The van der Waals surface area contributed by atoms with E-state index >= 15 is 0 Å². The van der Waals surface area contributed by atoms with Crippen molar-refractivity contribution in [2.24, 2.45) is 0 Å². The Hall–Kier alpha value is -1.00. The fourth-order valence-electron chi connectivity index (χ4n) is 1.73. The van der Waals surface area contributed by atoms with Gasteiger partial charge in [0.2, 0.25) is 0 Å². The minimum Gasteiger partial charge on any atom is -0.481 e. The van der Waals surface area contributed by atoms with Crippen molar-refractivity contribution in [1.29, 1.82) is 0 Å². The van der Waals surface area contributed by atoms with Crippen LogP contribution in [0.1, 0.15) is 37.9 Å². The number of hydrogen-bond acceptors (Lipinski definition) is 3. The van der Waals surface area contributed by atoms with Crippen molar-refractivity contribution in [3.8, 4) is 0 Å². The molecule has 0 aromatic heterocycles. The number of unbranched alkanes of at least 4 members (excludes halogenated alkanes) is 1. The summed E-state index contributed by atoms with van der Waals surface area (Å²) in [7, 11) is 1.73. The zero-order chi connectivity index (χ0) is 13.4. The van der Waals surface area contributed by atoms with Crippen molar-refractivity contribution in [2.75, 3.05) is 12.9 Å². The lowest BCUT2D eigenvalue weighted by Gasteiger charge is -2.15. The summed E-state index contributed by atoms with van der Waals surface area (Å²) >= 11 is 1.33. The Labute approximate surface area is 113 Å². The molecule has 0 aliphatic carbocycles. The van der Waals surface area contributed by atoms with E-state index in [-0.39, 0.29) is 11.9 Å². The van der Waals surface area contributed by atoms with E-state index in [1.54, 1.807) is 7.11 Å². The van der Waals surface area contributed by atoms with E-state index in [0.717, 1.165) is 29.7 Å². The van der Waals surface area contributed by atoms with Gasteiger partial charge in [-0.15, -0.1) is 11.8 Å². The molecule has 100 valence electrons. The van der Waals surface area contributed by atoms with Crippen molar-refractivity contribution in [3.63, 3.8) is 0 Å². The van der Waals surface area contributed by atoms with Crippen LogP contribution in [0.15, 0.2) is 29.2 Å². The van der Waals surface area contributed by atoms with Gasteiger partial charge in [-0.3, -0.25) is 4.79 Å². The predicted molar refractivity (Wildman–Crippen MR) is 74.1 cm³/mol. The van der Waals surface area contributed by atoms with E-state index in [9.17, 15) is 4.79 Å². The van der Waals surface area contributed by atoms with Crippen LogP contribution >= 0.6 is 11.8 Å². The molecule has 0 bridgehead atoms. The first-order valence-corrected chi connectivity index (χ1v) is 7.13. The third kappa shape index (κ3) is 5.10. The first-order chi connectivity index (χ1) is 8.67. The van der Waals surface area contributed by atoms with Crippen molar-refractivity contribution < 1.29 is 14.6 Å². The zero-order valence-electron chi connectivity index (χ0n) is 10.9.